The van der Waals surface area contributed by atoms with E-state index in [2.05, 4.69) is 27.4 Å². The summed E-state index contributed by atoms with van der Waals surface area (Å²) in [5.41, 5.74) is -0.0480. The standard InChI is InChI=1S/C13H22O/c1-5-8-13(10-14)11(2)7-6-9-12(13,3)4/h5,10-11H,1,6-9H2,2-4H3. The molecule has 1 heteroatoms. The van der Waals surface area contributed by atoms with Gasteiger partial charge >= 0.3 is 0 Å². The highest BCUT2D eigenvalue weighted by molar-refractivity contribution is 5.62. The summed E-state index contributed by atoms with van der Waals surface area (Å²) in [4.78, 5) is 11.5. The van der Waals surface area contributed by atoms with E-state index in [1.807, 2.05) is 6.08 Å². The predicted octanol–water partition coefficient (Wildman–Crippen LogP) is 3.59. The fourth-order valence-corrected chi connectivity index (χ4v) is 3.05. The Morgan fingerprint density at radius 2 is 2.14 bits per heavy atom. The minimum atomic E-state index is -0.174. The van der Waals surface area contributed by atoms with E-state index < -0.39 is 0 Å². The molecule has 0 aromatic heterocycles. The molecule has 0 amide bonds. The van der Waals surface area contributed by atoms with Gasteiger partial charge in [-0.25, -0.2) is 0 Å². The molecule has 14 heavy (non-hydrogen) atoms. The minimum Gasteiger partial charge on any atom is -0.303 e. The summed E-state index contributed by atoms with van der Waals surface area (Å²) in [6, 6.07) is 0. The van der Waals surface area contributed by atoms with Gasteiger partial charge in [0.05, 0.1) is 0 Å². The number of hydrogen-bond acceptors (Lipinski definition) is 1. The van der Waals surface area contributed by atoms with E-state index in [9.17, 15) is 4.79 Å². The molecule has 2 unspecified atom stereocenters. The Labute approximate surface area is 87.6 Å². The molecule has 0 saturated heterocycles. The van der Waals surface area contributed by atoms with Crippen molar-refractivity contribution in [2.24, 2.45) is 16.7 Å². The van der Waals surface area contributed by atoms with Crippen molar-refractivity contribution in [3.63, 3.8) is 0 Å². The maximum absolute atomic E-state index is 11.5. The first-order valence-corrected chi connectivity index (χ1v) is 5.57. The SMILES string of the molecule is C=CCC1(C=O)C(C)CCCC1(C)C. The van der Waals surface area contributed by atoms with Gasteiger partial charge in [0.15, 0.2) is 0 Å². The number of aldehydes is 1. The molecule has 1 aliphatic carbocycles. The zero-order valence-corrected chi connectivity index (χ0v) is 9.68. The van der Waals surface area contributed by atoms with E-state index >= 15 is 0 Å². The van der Waals surface area contributed by atoms with E-state index in [-0.39, 0.29) is 10.8 Å². The average Bonchev–Trinajstić information content (AvgIpc) is 2.11. The number of rotatable bonds is 3. The van der Waals surface area contributed by atoms with Crippen LogP contribution in [0.1, 0.15) is 46.5 Å². The molecule has 2 atom stereocenters. The Bertz CT molecular complexity index is 229. The smallest absolute Gasteiger partial charge is 0.127 e. The van der Waals surface area contributed by atoms with Crippen molar-refractivity contribution in [2.45, 2.75) is 46.5 Å². The number of allylic oxidation sites excluding steroid dienone is 1. The molecule has 1 fully saturated rings. The van der Waals surface area contributed by atoms with E-state index in [4.69, 9.17) is 0 Å². The topological polar surface area (TPSA) is 17.1 Å². The molecule has 0 radical (unpaired) electrons. The Balaban J connectivity index is 3.06. The zero-order valence-electron chi connectivity index (χ0n) is 9.68. The lowest BCUT2D eigenvalue weighted by molar-refractivity contribution is -0.131. The van der Waals surface area contributed by atoms with Gasteiger partial charge in [-0.15, -0.1) is 6.58 Å². The zero-order chi connectivity index (χ0) is 10.8. The summed E-state index contributed by atoms with van der Waals surface area (Å²) in [5, 5.41) is 0. The van der Waals surface area contributed by atoms with Crippen LogP contribution < -0.4 is 0 Å². The van der Waals surface area contributed by atoms with Gasteiger partial charge in [0.2, 0.25) is 0 Å². The van der Waals surface area contributed by atoms with Crippen molar-refractivity contribution in [3.05, 3.63) is 12.7 Å². The average molecular weight is 194 g/mol. The van der Waals surface area contributed by atoms with Gasteiger partial charge in [-0.3, -0.25) is 0 Å². The Kier molecular flexibility index (Phi) is 3.18. The molecule has 80 valence electrons. The summed E-state index contributed by atoms with van der Waals surface area (Å²) in [6.07, 6.45) is 7.50. The molecule has 0 spiro atoms. The van der Waals surface area contributed by atoms with Crippen molar-refractivity contribution in [3.8, 4) is 0 Å². The van der Waals surface area contributed by atoms with E-state index in [1.54, 1.807) is 0 Å². The molecule has 1 nitrogen and oxygen atoms in total. The summed E-state index contributed by atoms with van der Waals surface area (Å²) in [6.45, 7) is 10.4. The molecule has 0 N–H and O–H groups in total. The lowest BCUT2D eigenvalue weighted by Crippen LogP contribution is -2.47. The fourth-order valence-electron chi connectivity index (χ4n) is 3.05. The minimum absolute atomic E-state index is 0.126. The first-order chi connectivity index (χ1) is 6.50. The maximum atomic E-state index is 11.5. The largest absolute Gasteiger partial charge is 0.303 e. The van der Waals surface area contributed by atoms with Gasteiger partial charge in [0, 0.05) is 5.41 Å². The molecule has 0 aromatic carbocycles. The Morgan fingerprint density at radius 3 is 2.57 bits per heavy atom. The fraction of sp³-hybridized carbons (Fsp3) is 0.769. The summed E-state index contributed by atoms with van der Waals surface area (Å²) >= 11 is 0. The first kappa shape index (κ1) is 11.5. The third-order valence-electron chi connectivity index (χ3n) is 4.27. The van der Waals surface area contributed by atoms with E-state index in [1.165, 1.54) is 19.1 Å². The van der Waals surface area contributed by atoms with Crippen LogP contribution >= 0.6 is 0 Å². The highest BCUT2D eigenvalue weighted by atomic mass is 16.1. The Hall–Kier alpha value is -0.590. The van der Waals surface area contributed by atoms with Gasteiger partial charge in [-0.2, -0.15) is 0 Å². The molecule has 0 aliphatic heterocycles. The second-order valence-corrected chi connectivity index (χ2v) is 5.33. The third-order valence-corrected chi connectivity index (χ3v) is 4.27. The summed E-state index contributed by atoms with van der Waals surface area (Å²) in [5.74, 6) is 0.488. The van der Waals surface area contributed by atoms with Crippen LogP contribution in [0, 0.1) is 16.7 Å². The summed E-state index contributed by atoms with van der Waals surface area (Å²) < 4.78 is 0. The lowest BCUT2D eigenvalue weighted by Gasteiger charge is -2.50. The Morgan fingerprint density at radius 1 is 1.50 bits per heavy atom. The molecule has 1 saturated carbocycles. The van der Waals surface area contributed by atoms with Crippen molar-refractivity contribution in [1.29, 1.82) is 0 Å². The van der Waals surface area contributed by atoms with E-state index in [0.717, 1.165) is 12.8 Å². The van der Waals surface area contributed by atoms with Gasteiger partial charge in [0.1, 0.15) is 6.29 Å². The second-order valence-electron chi connectivity index (χ2n) is 5.33. The van der Waals surface area contributed by atoms with Crippen LogP contribution in [0.15, 0.2) is 12.7 Å². The summed E-state index contributed by atoms with van der Waals surface area (Å²) in [7, 11) is 0. The number of carbonyl (C=O) groups is 1. The van der Waals surface area contributed by atoms with Crippen LogP contribution in [-0.4, -0.2) is 6.29 Å². The lowest BCUT2D eigenvalue weighted by atomic mass is 9.53. The first-order valence-electron chi connectivity index (χ1n) is 5.57. The van der Waals surface area contributed by atoms with Crippen LogP contribution in [0.25, 0.3) is 0 Å². The predicted molar refractivity (Wildman–Crippen MR) is 60.1 cm³/mol. The monoisotopic (exact) mass is 194 g/mol. The van der Waals surface area contributed by atoms with Crippen molar-refractivity contribution in [1.82, 2.24) is 0 Å². The van der Waals surface area contributed by atoms with Crippen molar-refractivity contribution < 1.29 is 4.79 Å². The number of carbonyl (C=O) groups excluding carboxylic acids is 1. The normalized spacial score (nSPS) is 36.4. The van der Waals surface area contributed by atoms with Gasteiger partial charge in [-0.05, 0) is 30.6 Å². The number of hydrogen-bond donors (Lipinski definition) is 0. The van der Waals surface area contributed by atoms with Crippen LogP contribution in [-0.2, 0) is 4.79 Å². The van der Waals surface area contributed by atoms with Crippen molar-refractivity contribution >= 4 is 6.29 Å². The third kappa shape index (κ3) is 1.53. The molecule has 0 aromatic rings. The molecular formula is C13H22O. The molecule has 0 heterocycles. The van der Waals surface area contributed by atoms with Gasteiger partial charge in [-0.1, -0.05) is 33.3 Å². The highest BCUT2D eigenvalue weighted by Gasteiger charge is 2.49. The van der Waals surface area contributed by atoms with Gasteiger partial charge in [0.25, 0.3) is 0 Å². The van der Waals surface area contributed by atoms with Crippen LogP contribution in [0.4, 0.5) is 0 Å². The van der Waals surface area contributed by atoms with E-state index in [0.29, 0.717) is 5.92 Å². The molecular weight excluding hydrogens is 172 g/mol. The molecule has 0 bridgehead atoms. The van der Waals surface area contributed by atoms with Crippen LogP contribution in [0.5, 0.6) is 0 Å². The maximum Gasteiger partial charge on any atom is 0.127 e. The van der Waals surface area contributed by atoms with Crippen molar-refractivity contribution in [2.75, 3.05) is 0 Å². The molecule has 1 aliphatic rings. The van der Waals surface area contributed by atoms with Crippen LogP contribution in [0.2, 0.25) is 0 Å². The highest BCUT2D eigenvalue weighted by Crippen LogP contribution is 2.54. The second kappa shape index (κ2) is 3.88. The van der Waals surface area contributed by atoms with Crippen LogP contribution in [0.3, 0.4) is 0 Å². The van der Waals surface area contributed by atoms with Gasteiger partial charge < -0.3 is 4.79 Å². The molecule has 1 rings (SSSR count). The quantitative estimate of drug-likeness (QED) is 0.495.